The molecule has 0 aliphatic rings. The van der Waals surface area contributed by atoms with Gasteiger partial charge in [0, 0.05) is 6.42 Å². The zero-order chi connectivity index (χ0) is 12.3. The molecule has 17 heavy (non-hydrogen) atoms. The number of aromatic nitrogens is 2. The number of nitrogens with one attached hydrogen (secondary N) is 1. The maximum atomic E-state index is 10.7. The van der Waals surface area contributed by atoms with Crippen LogP contribution in [0.15, 0.2) is 30.5 Å². The van der Waals surface area contributed by atoms with Crippen LogP contribution in [0.5, 0.6) is 5.75 Å². The van der Waals surface area contributed by atoms with Crippen LogP contribution in [-0.4, -0.2) is 28.2 Å². The van der Waals surface area contributed by atoms with Crippen molar-refractivity contribution in [1.82, 2.24) is 9.97 Å². The molecule has 5 heteroatoms. The monoisotopic (exact) mass is 232 g/mol. The van der Waals surface area contributed by atoms with Gasteiger partial charge in [0.25, 0.3) is 0 Å². The van der Waals surface area contributed by atoms with E-state index in [1.165, 1.54) is 6.20 Å². The predicted octanol–water partition coefficient (Wildman–Crippen LogP) is 1.71. The number of carboxylic acids is 1. The molecule has 1 aromatic carbocycles. The van der Waals surface area contributed by atoms with E-state index in [4.69, 9.17) is 9.84 Å². The molecule has 0 aliphatic carbocycles. The number of hydrogen-bond donors (Lipinski definition) is 2. The first-order chi connectivity index (χ1) is 8.19. The molecule has 0 saturated carbocycles. The maximum absolute atomic E-state index is 10.7. The standard InChI is InChI=1S/C12H12N2O3/c1-17-9-4-2-8(3-5-9)6-11-13-7-10(14-11)12(15)16/h2-5,7H,6H2,1H3,(H,13,14)(H,15,16). The number of aromatic carboxylic acids is 1. The fourth-order valence-electron chi connectivity index (χ4n) is 1.50. The molecular weight excluding hydrogens is 220 g/mol. The summed E-state index contributed by atoms with van der Waals surface area (Å²) in [4.78, 5) is 17.4. The highest BCUT2D eigenvalue weighted by molar-refractivity contribution is 5.85. The van der Waals surface area contributed by atoms with Gasteiger partial charge in [-0.2, -0.15) is 0 Å². The van der Waals surface area contributed by atoms with Crippen LogP contribution in [0.25, 0.3) is 0 Å². The van der Waals surface area contributed by atoms with E-state index in [0.717, 1.165) is 11.3 Å². The zero-order valence-electron chi connectivity index (χ0n) is 9.30. The van der Waals surface area contributed by atoms with E-state index >= 15 is 0 Å². The van der Waals surface area contributed by atoms with Gasteiger partial charge in [0.2, 0.25) is 0 Å². The molecule has 0 bridgehead atoms. The van der Waals surface area contributed by atoms with Crippen LogP contribution in [0.4, 0.5) is 0 Å². The van der Waals surface area contributed by atoms with Gasteiger partial charge in [-0.3, -0.25) is 0 Å². The van der Waals surface area contributed by atoms with E-state index in [-0.39, 0.29) is 5.69 Å². The van der Waals surface area contributed by atoms with Crippen molar-refractivity contribution in [3.8, 4) is 5.75 Å². The van der Waals surface area contributed by atoms with Gasteiger partial charge in [0.1, 0.15) is 17.3 Å². The zero-order valence-corrected chi connectivity index (χ0v) is 9.30. The minimum atomic E-state index is -1.00. The molecule has 2 aromatic rings. The van der Waals surface area contributed by atoms with Gasteiger partial charge >= 0.3 is 5.97 Å². The number of carboxylic acid groups (broad SMARTS) is 1. The number of H-pyrrole nitrogens is 1. The highest BCUT2D eigenvalue weighted by Crippen LogP contribution is 2.13. The molecule has 2 N–H and O–H groups in total. The number of methoxy groups -OCH3 is 1. The summed E-state index contributed by atoms with van der Waals surface area (Å²) >= 11 is 0. The van der Waals surface area contributed by atoms with Crippen LogP contribution in [-0.2, 0) is 6.42 Å². The van der Waals surface area contributed by atoms with E-state index in [0.29, 0.717) is 12.2 Å². The number of imidazole rings is 1. The maximum Gasteiger partial charge on any atom is 0.353 e. The fraction of sp³-hybridized carbons (Fsp3) is 0.167. The Bertz CT molecular complexity index is 517. The molecule has 0 spiro atoms. The molecule has 0 aliphatic heterocycles. The summed E-state index contributed by atoms with van der Waals surface area (Å²) in [5.74, 6) is 0.422. The lowest BCUT2D eigenvalue weighted by atomic mass is 10.1. The van der Waals surface area contributed by atoms with Gasteiger partial charge in [-0.1, -0.05) is 12.1 Å². The van der Waals surface area contributed by atoms with Crippen molar-refractivity contribution in [1.29, 1.82) is 0 Å². The summed E-state index contributed by atoms with van der Waals surface area (Å²) in [6.07, 6.45) is 1.89. The van der Waals surface area contributed by atoms with Crippen LogP contribution >= 0.6 is 0 Å². The second-order valence-electron chi connectivity index (χ2n) is 3.57. The van der Waals surface area contributed by atoms with Crippen LogP contribution in [0.2, 0.25) is 0 Å². The molecule has 0 unspecified atom stereocenters. The van der Waals surface area contributed by atoms with Gasteiger partial charge in [-0.05, 0) is 17.7 Å². The normalized spacial score (nSPS) is 10.2. The minimum Gasteiger partial charge on any atom is -0.497 e. The fourth-order valence-corrected chi connectivity index (χ4v) is 1.50. The second kappa shape index (κ2) is 4.69. The predicted molar refractivity (Wildman–Crippen MR) is 61.3 cm³/mol. The lowest BCUT2D eigenvalue weighted by molar-refractivity contribution is 0.0691. The largest absolute Gasteiger partial charge is 0.497 e. The highest BCUT2D eigenvalue weighted by atomic mass is 16.5. The first-order valence-corrected chi connectivity index (χ1v) is 5.09. The number of rotatable bonds is 4. The van der Waals surface area contributed by atoms with Crippen molar-refractivity contribution in [2.45, 2.75) is 6.42 Å². The molecule has 1 heterocycles. The van der Waals surface area contributed by atoms with Crippen molar-refractivity contribution >= 4 is 5.97 Å². The van der Waals surface area contributed by atoms with Crippen LogP contribution < -0.4 is 4.74 Å². The van der Waals surface area contributed by atoms with Crippen molar-refractivity contribution in [3.63, 3.8) is 0 Å². The topological polar surface area (TPSA) is 75.2 Å². The van der Waals surface area contributed by atoms with Crippen molar-refractivity contribution < 1.29 is 14.6 Å². The number of ether oxygens (including phenoxy) is 1. The van der Waals surface area contributed by atoms with E-state index in [9.17, 15) is 4.79 Å². The van der Waals surface area contributed by atoms with Crippen molar-refractivity contribution in [2.24, 2.45) is 0 Å². The molecular formula is C12H12N2O3. The summed E-state index contributed by atoms with van der Waals surface area (Å²) in [5.41, 5.74) is 1.14. The van der Waals surface area contributed by atoms with Gasteiger partial charge in [0.05, 0.1) is 13.3 Å². The quantitative estimate of drug-likeness (QED) is 0.841. The first kappa shape index (κ1) is 11.2. The molecule has 88 valence electrons. The van der Waals surface area contributed by atoms with Gasteiger partial charge in [0.15, 0.2) is 0 Å². The Morgan fingerprint density at radius 1 is 1.41 bits per heavy atom. The van der Waals surface area contributed by atoms with Gasteiger partial charge in [-0.15, -0.1) is 0 Å². The van der Waals surface area contributed by atoms with Crippen LogP contribution in [0.3, 0.4) is 0 Å². The molecule has 0 amide bonds. The SMILES string of the molecule is COc1ccc(Cc2ncc(C(=O)O)[nH]2)cc1. The number of hydrogen-bond acceptors (Lipinski definition) is 3. The number of nitrogens with zero attached hydrogens (tertiary/aromatic N) is 1. The average molecular weight is 232 g/mol. The number of aromatic amines is 1. The van der Waals surface area contributed by atoms with Crippen LogP contribution in [0.1, 0.15) is 21.9 Å². The number of carbonyl (C=O) groups is 1. The Balaban J connectivity index is 2.11. The lowest BCUT2D eigenvalue weighted by Crippen LogP contribution is -1.97. The minimum absolute atomic E-state index is 0.105. The van der Waals surface area contributed by atoms with Gasteiger partial charge in [-0.25, -0.2) is 9.78 Å². The Hall–Kier alpha value is -2.30. The van der Waals surface area contributed by atoms with E-state index in [1.807, 2.05) is 24.3 Å². The van der Waals surface area contributed by atoms with E-state index in [2.05, 4.69) is 9.97 Å². The summed E-state index contributed by atoms with van der Waals surface area (Å²) in [5, 5.41) is 8.74. The average Bonchev–Trinajstić information content (AvgIpc) is 2.79. The summed E-state index contributed by atoms with van der Waals surface area (Å²) in [7, 11) is 1.61. The first-order valence-electron chi connectivity index (χ1n) is 5.09. The Kier molecular flexibility index (Phi) is 3.09. The molecule has 0 saturated heterocycles. The molecule has 0 radical (unpaired) electrons. The Morgan fingerprint density at radius 2 is 2.12 bits per heavy atom. The molecule has 2 rings (SSSR count). The third-order valence-electron chi connectivity index (χ3n) is 2.39. The second-order valence-corrected chi connectivity index (χ2v) is 3.57. The molecule has 0 atom stereocenters. The highest BCUT2D eigenvalue weighted by Gasteiger charge is 2.07. The molecule has 5 nitrogen and oxygen atoms in total. The van der Waals surface area contributed by atoms with Crippen molar-refractivity contribution in [3.05, 3.63) is 47.5 Å². The van der Waals surface area contributed by atoms with E-state index < -0.39 is 5.97 Å². The van der Waals surface area contributed by atoms with Crippen LogP contribution in [0, 0.1) is 0 Å². The van der Waals surface area contributed by atoms with Crippen molar-refractivity contribution in [2.75, 3.05) is 7.11 Å². The third kappa shape index (κ3) is 2.63. The summed E-state index contributed by atoms with van der Waals surface area (Å²) < 4.78 is 5.05. The summed E-state index contributed by atoms with van der Waals surface area (Å²) in [6, 6.07) is 7.55. The number of benzene rings is 1. The molecule has 0 fully saturated rings. The smallest absolute Gasteiger partial charge is 0.353 e. The Morgan fingerprint density at radius 3 is 2.65 bits per heavy atom. The summed E-state index contributed by atoms with van der Waals surface area (Å²) in [6.45, 7) is 0. The Labute approximate surface area is 98.1 Å². The molecule has 1 aromatic heterocycles. The van der Waals surface area contributed by atoms with E-state index in [1.54, 1.807) is 7.11 Å². The lowest BCUT2D eigenvalue weighted by Gasteiger charge is -2.01. The van der Waals surface area contributed by atoms with Gasteiger partial charge < -0.3 is 14.8 Å². The third-order valence-corrected chi connectivity index (χ3v) is 2.39.